The van der Waals surface area contributed by atoms with Crippen LogP contribution in [0, 0.1) is 11.3 Å². The first-order valence-electron chi connectivity index (χ1n) is 5.50. The lowest BCUT2D eigenvalue weighted by molar-refractivity contribution is -0.158. The second kappa shape index (κ2) is 6.03. The van der Waals surface area contributed by atoms with Crippen LogP contribution in [0.25, 0.3) is 0 Å². The third-order valence-electron chi connectivity index (χ3n) is 2.50. The third kappa shape index (κ3) is 3.75. The standard InChI is InChI=1S/C13H16N2O3/c1-13(17,12(16)18-2)9-15-11-5-3-10(4-6-11)7-8-14/h3-6,15,17H,7,9H2,1-2H3. The molecule has 0 bridgehead atoms. The predicted octanol–water partition coefficient (Wildman–Crippen LogP) is 1.09. The van der Waals surface area contributed by atoms with Crippen LogP contribution >= 0.6 is 0 Å². The molecule has 0 amide bonds. The summed E-state index contributed by atoms with van der Waals surface area (Å²) in [5.41, 5.74) is 0.115. The summed E-state index contributed by atoms with van der Waals surface area (Å²) in [6.45, 7) is 1.44. The predicted molar refractivity (Wildman–Crippen MR) is 66.9 cm³/mol. The van der Waals surface area contributed by atoms with E-state index in [2.05, 4.69) is 16.1 Å². The van der Waals surface area contributed by atoms with Crippen molar-refractivity contribution in [3.63, 3.8) is 0 Å². The van der Waals surface area contributed by atoms with E-state index in [0.29, 0.717) is 6.42 Å². The lowest BCUT2D eigenvalue weighted by Gasteiger charge is -2.21. The Hall–Kier alpha value is -2.06. The molecule has 5 nitrogen and oxygen atoms in total. The number of hydrogen-bond donors (Lipinski definition) is 2. The van der Waals surface area contributed by atoms with E-state index in [1.54, 1.807) is 12.1 Å². The Morgan fingerprint density at radius 2 is 2.11 bits per heavy atom. The summed E-state index contributed by atoms with van der Waals surface area (Å²) in [5.74, 6) is -0.684. The van der Waals surface area contributed by atoms with Gasteiger partial charge in [0.05, 0.1) is 26.1 Å². The third-order valence-corrected chi connectivity index (χ3v) is 2.50. The first kappa shape index (κ1) is 14.0. The second-order valence-corrected chi connectivity index (χ2v) is 4.15. The van der Waals surface area contributed by atoms with Gasteiger partial charge >= 0.3 is 5.97 Å². The zero-order valence-electron chi connectivity index (χ0n) is 10.4. The van der Waals surface area contributed by atoms with E-state index >= 15 is 0 Å². The fraction of sp³-hybridized carbons (Fsp3) is 0.385. The first-order valence-corrected chi connectivity index (χ1v) is 5.50. The first-order chi connectivity index (χ1) is 8.49. The zero-order valence-corrected chi connectivity index (χ0v) is 10.4. The van der Waals surface area contributed by atoms with Crippen molar-refractivity contribution in [3.05, 3.63) is 29.8 Å². The summed E-state index contributed by atoms with van der Waals surface area (Å²) in [6, 6.07) is 9.28. The van der Waals surface area contributed by atoms with Gasteiger partial charge in [0.15, 0.2) is 5.60 Å². The molecule has 0 fully saturated rings. The van der Waals surface area contributed by atoms with Crippen molar-refractivity contribution in [3.8, 4) is 6.07 Å². The molecule has 96 valence electrons. The number of ether oxygens (including phenoxy) is 1. The number of carbonyl (C=O) groups excluding carboxylic acids is 1. The van der Waals surface area contributed by atoms with Crippen LogP contribution in [-0.2, 0) is 16.0 Å². The molecule has 0 spiro atoms. The molecule has 0 radical (unpaired) electrons. The van der Waals surface area contributed by atoms with Crippen LogP contribution in [0.15, 0.2) is 24.3 Å². The quantitative estimate of drug-likeness (QED) is 0.762. The smallest absolute Gasteiger partial charge is 0.339 e. The van der Waals surface area contributed by atoms with Crippen LogP contribution < -0.4 is 5.32 Å². The Bertz CT molecular complexity index is 446. The Labute approximate surface area is 106 Å². The van der Waals surface area contributed by atoms with Gasteiger partial charge < -0.3 is 15.2 Å². The Balaban J connectivity index is 2.59. The summed E-state index contributed by atoms with van der Waals surface area (Å²) < 4.78 is 4.49. The molecule has 1 aromatic rings. The molecule has 1 unspecified atom stereocenters. The van der Waals surface area contributed by atoms with Crippen molar-refractivity contribution < 1.29 is 14.6 Å². The number of benzene rings is 1. The van der Waals surface area contributed by atoms with Gasteiger partial charge in [-0.2, -0.15) is 5.26 Å². The van der Waals surface area contributed by atoms with E-state index in [9.17, 15) is 9.90 Å². The van der Waals surface area contributed by atoms with Gasteiger partial charge in [0.1, 0.15) is 0 Å². The topological polar surface area (TPSA) is 82.3 Å². The molecule has 0 aromatic heterocycles. The summed E-state index contributed by atoms with van der Waals surface area (Å²) in [5, 5.41) is 21.3. The molecular formula is C13H16N2O3. The van der Waals surface area contributed by atoms with Crippen molar-refractivity contribution in [2.45, 2.75) is 18.9 Å². The van der Waals surface area contributed by atoms with Gasteiger partial charge in [0, 0.05) is 5.69 Å². The van der Waals surface area contributed by atoms with E-state index in [4.69, 9.17) is 5.26 Å². The summed E-state index contributed by atoms with van der Waals surface area (Å²) in [4.78, 5) is 11.2. The number of esters is 1. The lowest BCUT2D eigenvalue weighted by atomic mass is 10.1. The van der Waals surface area contributed by atoms with Crippen LogP contribution in [0.4, 0.5) is 5.69 Å². The Kier molecular flexibility index (Phi) is 4.69. The molecule has 0 aliphatic rings. The molecule has 0 aliphatic heterocycles. The molecule has 0 heterocycles. The van der Waals surface area contributed by atoms with Gasteiger partial charge in [-0.05, 0) is 24.6 Å². The van der Waals surface area contributed by atoms with Gasteiger partial charge in [0.2, 0.25) is 0 Å². The zero-order chi connectivity index (χ0) is 13.6. The SMILES string of the molecule is COC(=O)C(C)(O)CNc1ccc(CC#N)cc1. The highest BCUT2D eigenvalue weighted by Crippen LogP contribution is 2.12. The van der Waals surface area contributed by atoms with Crippen LogP contribution in [0.3, 0.4) is 0 Å². The van der Waals surface area contributed by atoms with Crippen molar-refractivity contribution in [1.29, 1.82) is 5.26 Å². The van der Waals surface area contributed by atoms with Crippen molar-refractivity contribution in [2.75, 3.05) is 19.0 Å². The summed E-state index contributed by atoms with van der Waals surface area (Å²) >= 11 is 0. The molecule has 0 saturated heterocycles. The molecule has 1 atom stereocenters. The van der Waals surface area contributed by atoms with Gasteiger partial charge in [-0.3, -0.25) is 0 Å². The van der Waals surface area contributed by atoms with Crippen LogP contribution in [-0.4, -0.2) is 30.3 Å². The number of nitrogens with one attached hydrogen (secondary N) is 1. The largest absolute Gasteiger partial charge is 0.467 e. The molecule has 0 aliphatic carbocycles. The number of nitriles is 1. The number of methoxy groups -OCH3 is 1. The minimum atomic E-state index is -1.57. The number of rotatable bonds is 5. The number of carbonyl (C=O) groups is 1. The van der Waals surface area contributed by atoms with Crippen molar-refractivity contribution >= 4 is 11.7 Å². The molecule has 2 N–H and O–H groups in total. The lowest BCUT2D eigenvalue weighted by Crippen LogP contribution is -2.42. The maximum absolute atomic E-state index is 11.2. The number of nitrogens with zero attached hydrogens (tertiary/aromatic N) is 1. The minimum Gasteiger partial charge on any atom is -0.467 e. The average molecular weight is 248 g/mol. The highest BCUT2D eigenvalue weighted by atomic mass is 16.5. The molecule has 0 saturated carbocycles. The van der Waals surface area contributed by atoms with Crippen LogP contribution in [0.2, 0.25) is 0 Å². The normalized spacial score (nSPS) is 13.2. The number of aliphatic hydroxyl groups is 1. The maximum atomic E-state index is 11.2. The summed E-state index contributed by atoms with van der Waals surface area (Å²) in [7, 11) is 1.23. The number of hydrogen-bond acceptors (Lipinski definition) is 5. The van der Waals surface area contributed by atoms with Crippen molar-refractivity contribution in [1.82, 2.24) is 0 Å². The van der Waals surface area contributed by atoms with E-state index in [0.717, 1.165) is 11.3 Å². The van der Waals surface area contributed by atoms with E-state index in [1.165, 1.54) is 14.0 Å². The molecular weight excluding hydrogens is 232 g/mol. The van der Waals surface area contributed by atoms with Gasteiger partial charge in [-0.1, -0.05) is 12.1 Å². The highest BCUT2D eigenvalue weighted by Gasteiger charge is 2.30. The van der Waals surface area contributed by atoms with E-state index in [1.807, 2.05) is 12.1 Å². The summed E-state index contributed by atoms with van der Waals surface area (Å²) in [6.07, 6.45) is 0.361. The van der Waals surface area contributed by atoms with Gasteiger partial charge in [-0.25, -0.2) is 4.79 Å². The molecule has 5 heteroatoms. The number of anilines is 1. The fourth-order valence-electron chi connectivity index (χ4n) is 1.40. The monoisotopic (exact) mass is 248 g/mol. The molecule has 1 rings (SSSR count). The molecule has 1 aromatic carbocycles. The Morgan fingerprint density at radius 3 is 2.61 bits per heavy atom. The van der Waals surface area contributed by atoms with Crippen LogP contribution in [0.1, 0.15) is 12.5 Å². The van der Waals surface area contributed by atoms with Gasteiger partial charge in [0.25, 0.3) is 0 Å². The fourth-order valence-corrected chi connectivity index (χ4v) is 1.40. The Morgan fingerprint density at radius 1 is 1.50 bits per heavy atom. The molecule has 18 heavy (non-hydrogen) atoms. The maximum Gasteiger partial charge on any atom is 0.339 e. The highest BCUT2D eigenvalue weighted by molar-refractivity contribution is 5.79. The van der Waals surface area contributed by atoms with Crippen LogP contribution in [0.5, 0.6) is 0 Å². The van der Waals surface area contributed by atoms with E-state index in [-0.39, 0.29) is 6.54 Å². The minimum absolute atomic E-state index is 0.0528. The van der Waals surface area contributed by atoms with Gasteiger partial charge in [-0.15, -0.1) is 0 Å². The average Bonchev–Trinajstić information content (AvgIpc) is 2.37. The van der Waals surface area contributed by atoms with E-state index < -0.39 is 11.6 Å². The second-order valence-electron chi connectivity index (χ2n) is 4.15. The van der Waals surface area contributed by atoms with Crippen molar-refractivity contribution in [2.24, 2.45) is 0 Å².